The van der Waals surface area contributed by atoms with Crippen molar-refractivity contribution in [3.8, 4) is 5.75 Å². The Labute approximate surface area is 131 Å². The highest BCUT2D eigenvalue weighted by Crippen LogP contribution is 2.30. The molecule has 1 aliphatic carbocycles. The SMILES string of the molecule is O=C(CCOc1ccc(Br)cc1)NC1(C(=O)O)CCCC1. The molecule has 0 bridgehead atoms. The Bertz CT molecular complexity index is 509. The van der Waals surface area contributed by atoms with Crippen LogP contribution in [0.2, 0.25) is 0 Å². The van der Waals surface area contributed by atoms with E-state index >= 15 is 0 Å². The van der Waals surface area contributed by atoms with E-state index < -0.39 is 11.5 Å². The van der Waals surface area contributed by atoms with Crippen molar-refractivity contribution in [2.75, 3.05) is 6.61 Å². The standard InChI is InChI=1S/C15H18BrNO4/c16-11-3-5-12(6-4-11)21-10-7-13(18)17-15(14(19)20)8-1-2-9-15/h3-6H,1-2,7-10H2,(H,17,18)(H,19,20). The highest BCUT2D eigenvalue weighted by atomic mass is 79.9. The number of rotatable bonds is 6. The van der Waals surface area contributed by atoms with Crippen LogP contribution in [-0.2, 0) is 9.59 Å². The monoisotopic (exact) mass is 355 g/mol. The van der Waals surface area contributed by atoms with Gasteiger partial charge < -0.3 is 15.2 Å². The van der Waals surface area contributed by atoms with Crippen LogP contribution in [0.3, 0.4) is 0 Å². The van der Waals surface area contributed by atoms with Crippen LogP contribution in [0.4, 0.5) is 0 Å². The molecule has 0 atom stereocenters. The molecule has 1 fully saturated rings. The molecular weight excluding hydrogens is 338 g/mol. The van der Waals surface area contributed by atoms with Gasteiger partial charge in [-0.2, -0.15) is 0 Å². The summed E-state index contributed by atoms with van der Waals surface area (Å²) in [5.41, 5.74) is -1.07. The third kappa shape index (κ3) is 4.20. The van der Waals surface area contributed by atoms with E-state index in [4.69, 9.17) is 4.74 Å². The summed E-state index contributed by atoms with van der Waals surface area (Å²) < 4.78 is 6.42. The lowest BCUT2D eigenvalue weighted by Gasteiger charge is -2.25. The first-order valence-electron chi connectivity index (χ1n) is 6.95. The number of hydrogen-bond acceptors (Lipinski definition) is 3. The van der Waals surface area contributed by atoms with Crippen molar-refractivity contribution < 1.29 is 19.4 Å². The molecule has 5 nitrogen and oxygen atoms in total. The lowest BCUT2D eigenvalue weighted by Crippen LogP contribution is -2.52. The number of carboxylic acid groups (broad SMARTS) is 1. The van der Waals surface area contributed by atoms with Crippen molar-refractivity contribution in [1.82, 2.24) is 5.32 Å². The van der Waals surface area contributed by atoms with Gasteiger partial charge in [0.2, 0.25) is 5.91 Å². The number of carbonyl (C=O) groups excluding carboxylic acids is 1. The lowest BCUT2D eigenvalue weighted by molar-refractivity contribution is -0.147. The zero-order valence-electron chi connectivity index (χ0n) is 11.6. The molecule has 0 radical (unpaired) electrons. The molecule has 1 aromatic carbocycles. The summed E-state index contributed by atoms with van der Waals surface area (Å²) in [4.78, 5) is 23.2. The van der Waals surface area contributed by atoms with Crippen molar-refractivity contribution in [1.29, 1.82) is 0 Å². The van der Waals surface area contributed by atoms with Crippen molar-refractivity contribution in [3.63, 3.8) is 0 Å². The fourth-order valence-electron chi connectivity index (χ4n) is 2.49. The second kappa shape index (κ2) is 6.93. The minimum Gasteiger partial charge on any atom is -0.493 e. The van der Waals surface area contributed by atoms with Gasteiger partial charge in [-0.05, 0) is 37.1 Å². The molecule has 0 unspecified atom stereocenters. The maximum absolute atomic E-state index is 11.9. The lowest BCUT2D eigenvalue weighted by atomic mass is 9.97. The zero-order valence-corrected chi connectivity index (χ0v) is 13.2. The molecule has 0 saturated heterocycles. The smallest absolute Gasteiger partial charge is 0.329 e. The van der Waals surface area contributed by atoms with Gasteiger partial charge in [-0.25, -0.2) is 4.79 Å². The van der Waals surface area contributed by atoms with Crippen LogP contribution in [0, 0.1) is 0 Å². The molecule has 0 heterocycles. The van der Waals surface area contributed by atoms with E-state index in [9.17, 15) is 14.7 Å². The summed E-state index contributed by atoms with van der Waals surface area (Å²) in [6.07, 6.45) is 2.82. The van der Waals surface area contributed by atoms with Gasteiger partial charge in [-0.15, -0.1) is 0 Å². The van der Waals surface area contributed by atoms with Gasteiger partial charge in [0, 0.05) is 4.47 Å². The van der Waals surface area contributed by atoms with E-state index in [0.29, 0.717) is 18.6 Å². The van der Waals surface area contributed by atoms with Crippen molar-refractivity contribution >= 4 is 27.8 Å². The van der Waals surface area contributed by atoms with Crippen LogP contribution in [-0.4, -0.2) is 29.1 Å². The molecule has 6 heteroatoms. The molecule has 21 heavy (non-hydrogen) atoms. The van der Waals surface area contributed by atoms with Gasteiger partial charge >= 0.3 is 5.97 Å². The maximum Gasteiger partial charge on any atom is 0.329 e. The number of carbonyl (C=O) groups is 2. The molecule has 0 aromatic heterocycles. The highest BCUT2D eigenvalue weighted by Gasteiger charge is 2.42. The number of aliphatic carboxylic acids is 1. The Morgan fingerprint density at radius 3 is 2.43 bits per heavy atom. The van der Waals surface area contributed by atoms with Crippen molar-refractivity contribution in [2.45, 2.75) is 37.6 Å². The van der Waals surface area contributed by atoms with Gasteiger partial charge in [-0.3, -0.25) is 4.79 Å². The van der Waals surface area contributed by atoms with Gasteiger partial charge in [0.05, 0.1) is 13.0 Å². The quantitative estimate of drug-likeness (QED) is 0.822. The number of hydrogen-bond donors (Lipinski definition) is 2. The van der Waals surface area contributed by atoms with E-state index in [0.717, 1.165) is 17.3 Å². The normalized spacial score (nSPS) is 16.4. The first-order chi connectivity index (χ1) is 10.0. The summed E-state index contributed by atoms with van der Waals surface area (Å²) in [6, 6.07) is 7.32. The molecule has 1 saturated carbocycles. The third-order valence-corrected chi connectivity index (χ3v) is 4.19. The van der Waals surface area contributed by atoms with Crippen LogP contribution in [0.1, 0.15) is 32.1 Å². The van der Waals surface area contributed by atoms with E-state index in [1.54, 1.807) is 12.1 Å². The van der Waals surface area contributed by atoms with Crippen LogP contribution in [0.5, 0.6) is 5.75 Å². The summed E-state index contributed by atoms with van der Waals surface area (Å²) in [5, 5.41) is 12.0. The molecule has 114 valence electrons. The summed E-state index contributed by atoms with van der Waals surface area (Å²) in [6.45, 7) is 0.225. The number of carboxylic acids is 1. The van der Waals surface area contributed by atoms with Crippen molar-refractivity contribution in [2.24, 2.45) is 0 Å². The van der Waals surface area contributed by atoms with E-state index in [1.807, 2.05) is 12.1 Å². The van der Waals surface area contributed by atoms with Crippen LogP contribution < -0.4 is 10.1 Å². The Balaban J connectivity index is 1.79. The van der Waals surface area contributed by atoms with E-state index in [-0.39, 0.29) is 18.9 Å². The molecular formula is C15H18BrNO4. The Hall–Kier alpha value is -1.56. The third-order valence-electron chi connectivity index (χ3n) is 3.66. The number of benzene rings is 1. The first-order valence-corrected chi connectivity index (χ1v) is 7.74. The zero-order chi connectivity index (χ0) is 15.3. The van der Waals surface area contributed by atoms with Gasteiger partial charge in [-0.1, -0.05) is 28.8 Å². The van der Waals surface area contributed by atoms with Gasteiger partial charge in [0.25, 0.3) is 0 Å². The first kappa shape index (κ1) is 15.8. The Kier molecular flexibility index (Phi) is 5.22. The molecule has 1 aliphatic rings. The van der Waals surface area contributed by atoms with Gasteiger partial charge in [0.1, 0.15) is 11.3 Å². The van der Waals surface area contributed by atoms with Crippen LogP contribution in [0.15, 0.2) is 28.7 Å². The Morgan fingerprint density at radius 1 is 1.24 bits per heavy atom. The van der Waals surface area contributed by atoms with Crippen LogP contribution in [0.25, 0.3) is 0 Å². The number of amides is 1. The highest BCUT2D eigenvalue weighted by molar-refractivity contribution is 9.10. The average Bonchev–Trinajstić information content (AvgIpc) is 2.91. The molecule has 0 spiro atoms. The summed E-state index contributed by atoms with van der Waals surface area (Å²) >= 11 is 3.33. The maximum atomic E-state index is 11.9. The number of nitrogens with one attached hydrogen (secondary N) is 1. The molecule has 1 aromatic rings. The fraction of sp³-hybridized carbons (Fsp3) is 0.467. The average molecular weight is 356 g/mol. The molecule has 1 amide bonds. The van der Waals surface area contributed by atoms with Gasteiger partial charge in [0.15, 0.2) is 0 Å². The second-order valence-electron chi connectivity index (χ2n) is 5.19. The second-order valence-corrected chi connectivity index (χ2v) is 6.11. The molecule has 2 N–H and O–H groups in total. The van der Waals surface area contributed by atoms with Crippen LogP contribution >= 0.6 is 15.9 Å². The fourth-order valence-corrected chi connectivity index (χ4v) is 2.76. The largest absolute Gasteiger partial charge is 0.493 e. The Morgan fingerprint density at radius 2 is 1.86 bits per heavy atom. The predicted molar refractivity (Wildman–Crippen MR) is 81.2 cm³/mol. The minimum absolute atomic E-state index is 0.144. The molecule has 2 rings (SSSR count). The van der Waals surface area contributed by atoms with E-state index in [1.165, 1.54) is 0 Å². The minimum atomic E-state index is -1.07. The molecule has 0 aliphatic heterocycles. The summed E-state index contributed by atoms with van der Waals surface area (Å²) in [5.74, 6) is -0.543. The van der Waals surface area contributed by atoms with Crippen molar-refractivity contribution in [3.05, 3.63) is 28.7 Å². The summed E-state index contributed by atoms with van der Waals surface area (Å²) in [7, 11) is 0. The topological polar surface area (TPSA) is 75.6 Å². The number of halogens is 1. The number of ether oxygens (including phenoxy) is 1. The predicted octanol–water partition coefficient (Wildman–Crippen LogP) is 2.73. The van der Waals surface area contributed by atoms with E-state index in [2.05, 4.69) is 21.2 Å².